The molecule has 7 heteroatoms. The van der Waals surface area contributed by atoms with Gasteiger partial charge < -0.3 is 14.8 Å². The summed E-state index contributed by atoms with van der Waals surface area (Å²) in [5, 5.41) is 7.38. The Labute approximate surface area is 188 Å². The van der Waals surface area contributed by atoms with Crippen LogP contribution in [0.5, 0.6) is 11.6 Å². The molecule has 1 amide bonds. The van der Waals surface area contributed by atoms with Gasteiger partial charge in [-0.25, -0.2) is 9.48 Å². The van der Waals surface area contributed by atoms with E-state index in [1.807, 2.05) is 31.2 Å². The van der Waals surface area contributed by atoms with Crippen LogP contribution < -0.4 is 10.1 Å². The molecule has 1 heterocycles. The van der Waals surface area contributed by atoms with Crippen LogP contribution in [0, 0.1) is 6.92 Å². The van der Waals surface area contributed by atoms with E-state index < -0.39 is 5.97 Å². The summed E-state index contributed by atoms with van der Waals surface area (Å²) in [6.07, 6.45) is 0. The van der Waals surface area contributed by atoms with Crippen molar-refractivity contribution >= 4 is 11.9 Å². The SMILES string of the molecule is COC(=O)c1ccc([C@H](C)NC(=O)c2c(C)nn(C)c2Oc2cccc(C(C)C)c2)cc1. The fourth-order valence-electron chi connectivity index (χ4n) is 3.44. The summed E-state index contributed by atoms with van der Waals surface area (Å²) in [4.78, 5) is 24.8. The van der Waals surface area contributed by atoms with Gasteiger partial charge in [0.1, 0.15) is 11.3 Å². The van der Waals surface area contributed by atoms with E-state index in [1.54, 1.807) is 42.9 Å². The molecule has 0 aliphatic heterocycles. The van der Waals surface area contributed by atoms with Crippen LogP contribution in [0.15, 0.2) is 48.5 Å². The predicted molar refractivity (Wildman–Crippen MR) is 122 cm³/mol. The molecule has 0 saturated heterocycles. The topological polar surface area (TPSA) is 82.5 Å². The number of benzene rings is 2. The monoisotopic (exact) mass is 435 g/mol. The lowest BCUT2D eigenvalue weighted by Gasteiger charge is -2.16. The van der Waals surface area contributed by atoms with Crippen molar-refractivity contribution < 1.29 is 19.1 Å². The summed E-state index contributed by atoms with van der Waals surface area (Å²) in [7, 11) is 3.09. The lowest BCUT2D eigenvalue weighted by atomic mass is 10.0. The van der Waals surface area contributed by atoms with Gasteiger partial charge in [0.05, 0.1) is 24.4 Å². The first-order valence-electron chi connectivity index (χ1n) is 10.5. The van der Waals surface area contributed by atoms with Crippen molar-refractivity contribution in [1.29, 1.82) is 0 Å². The number of esters is 1. The molecule has 1 N–H and O–H groups in total. The molecule has 1 atom stereocenters. The molecule has 0 bridgehead atoms. The van der Waals surface area contributed by atoms with Crippen LogP contribution in [-0.2, 0) is 11.8 Å². The normalized spacial score (nSPS) is 11.8. The number of nitrogens with zero attached hydrogens (tertiary/aromatic N) is 2. The van der Waals surface area contributed by atoms with Gasteiger partial charge in [-0.3, -0.25) is 4.79 Å². The highest BCUT2D eigenvalue weighted by Gasteiger charge is 2.24. The van der Waals surface area contributed by atoms with Gasteiger partial charge in [-0.2, -0.15) is 5.10 Å². The molecule has 2 aromatic carbocycles. The molecule has 3 rings (SSSR count). The van der Waals surface area contributed by atoms with Crippen LogP contribution >= 0.6 is 0 Å². The van der Waals surface area contributed by atoms with E-state index in [2.05, 4.69) is 24.3 Å². The van der Waals surface area contributed by atoms with E-state index in [0.717, 1.165) is 11.1 Å². The van der Waals surface area contributed by atoms with Crippen molar-refractivity contribution in [1.82, 2.24) is 15.1 Å². The average Bonchev–Trinajstić information content (AvgIpc) is 3.06. The molecule has 0 aliphatic rings. The molecule has 0 spiro atoms. The van der Waals surface area contributed by atoms with Gasteiger partial charge in [0.2, 0.25) is 5.88 Å². The van der Waals surface area contributed by atoms with Crippen LogP contribution in [0.25, 0.3) is 0 Å². The number of hydrogen-bond donors (Lipinski definition) is 1. The highest BCUT2D eigenvalue weighted by molar-refractivity contribution is 5.98. The Kier molecular flexibility index (Phi) is 6.98. The third-order valence-electron chi connectivity index (χ3n) is 5.32. The second-order valence-corrected chi connectivity index (χ2v) is 8.03. The molecule has 1 aromatic heterocycles. The number of aryl methyl sites for hydroxylation is 2. The molecule has 0 saturated carbocycles. The summed E-state index contributed by atoms with van der Waals surface area (Å²) in [5.74, 6) is 0.715. The van der Waals surface area contributed by atoms with Gasteiger partial charge >= 0.3 is 5.97 Å². The van der Waals surface area contributed by atoms with Gasteiger partial charge in [0.25, 0.3) is 5.91 Å². The summed E-state index contributed by atoms with van der Waals surface area (Å²) < 4.78 is 12.4. The van der Waals surface area contributed by atoms with Crippen LogP contribution in [0.4, 0.5) is 0 Å². The van der Waals surface area contributed by atoms with Crippen molar-refractivity contribution in [3.05, 3.63) is 76.5 Å². The number of carbonyl (C=O) groups is 2. The zero-order chi connectivity index (χ0) is 23.4. The van der Waals surface area contributed by atoms with Crippen LogP contribution in [0.1, 0.15) is 70.3 Å². The van der Waals surface area contributed by atoms with E-state index in [9.17, 15) is 9.59 Å². The standard InChI is InChI=1S/C25H29N3O4/c1-15(2)20-8-7-9-21(14-20)32-24-22(17(4)27-28(24)5)23(29)26-16(3)18-10-12-19(13-11-18)25(30)31-6/h7-16H,1-6H3,(H,26,29)/t16-/m0/s1. The number of methoxy groups -OCH3 is 1. The van der Waals surface area contributed by atoms with Crippen molar-refractivity contribution in [3.63, 3.8) is 0 Å². The first-order chi connectivity index (χ1) is 15.2. The van der Waals surface area contributed by atoms with Crippen LogP contribution in [0.3, 0.4) is 0 Å². The van der Waals surface area contributed by atoms with E-state index in [4.69, 9.17) is 9.47 Å². The Morgan fingerprint density at radius 2 is 1.72 bits per heavy atom. The molecule has 7 nitrogen and oxygen atoms in total. The highest BCUT2D eigenvalue weighted by atomic mass is 16.5. The molecule has 168 valence electrons. The minimum absolute atomic E-state index is 0.282. The van der Waals surface area contributed by atoms with Crippen molar-refractivity contribution in [2.75, 3.05) is 7.11 Å². The van der Waals surface area contributed by atoms with Gasteiger partial charge in [0, 0.05) is 7.05 Å². The molecule has 0 unspecified atom stereocenters. The Morgan fingerprint density at radius 1 is 1.03 bits per heavy atom. The second-order valence-electron chi connectivity index (χ2n) is 8.03. The van der Waals surface area contributed by atoms with E-state index in [0.29, 0.717) is 34.4 Å². The fraction of sp³-hybridized carbons (Fsp3) is 0.320. The third kappa shape index (κ3) is 4.99. The van der Waals surface area contributed by atoms with Crippen molar-refractivity contribution in [2.45, 2.75) is 39.7 Å². The highest BCUT2D eigenvalue weighted by Crippen LogP contribution is 2.29. The van der Waals surface area contributed by atoms with Gasteiger partial charge in [-0.1, -0.05) is 38.1 Å². The first kappa shape index (κ1) is 23.1. The maximum absolute atomic E-state index is 13.2. The Hall–Kier alpha value is -3.61. The maximum Gasteiger partial charge on any atom is 0.337 e. The summed E-state index contributed by atoms with van der Waals surface area (Å²) in [5.41, 5.74) is 3.43. The third-order valence-corrected chi connectivity index (χ3v) is 5.32. The van der Waals surface area contributed by atoms with Gasteiger partial charge in [0.15, 0.2) is 0 Å². The number of amides is 1. The first-order valence-corrected chi connectivity index (χ1v) is 10.5. The molecular weight excluding hydrogens is 406 g/mol. The molecule has 32 heavy (non-hydrogen) atoms. The summed E-state index contributed by atoms with van der Waals surface area (Å²) in [6, 6.07) is 14.5. The minimum atomic E-state index is -0.400. The second kappa shape index (κ2) is 9.68. The molecule has 0 radical (unpaired) electrons. The lowest BCUT2D eigenvalue weighted by molar-refractivity contribution is 0.0600. The fourth-order valence-corrected chi connectivity index (χ4v) is 3.44. The average molecular weight is 436 g/mol. The number of nitrogens with one attached hydrogen (secondary N) is 1. The van der Waals surface area contributed by atoms with Gasteiger partial charge in [-0.15, -0.1) is 0 Å². The quantitative estimate of drug-likeness (QED) is 0.533. The smallest absolute Gasteiger partial charge is 0.337 e. The minimum Gasteiger partial charge on any atom is -0.465 e. The lowest BCUT2D eigenvalue weighted by Crippen LogP contribution is -2.27. The largest absolute Gasteiger partial charge is 0.465 e. The molecule has 3 aromatic rings. The maximum atomic E-state index is 13.2. The number of hydrogen-bond acceptors (Lipinski definition) is 5. The number of rotatable bonds is 7. The van der Waals surface area contributed by atoms with Crippen LogP contribution in [-0.4, -0.2) is 28.8 Å². The van der Waals surface area contributed by atoms with E-state index in [1.165, 1.54) is 7.11 Å². The van der Waals surface area contributed by atoms with E-state index in [-0.39, 0.29) is 11.9 Å². The molecular formula is C25H29N3O4. The number of ether oxygens (including phenoxy) is 2. The zero-order valence-electron chi connectivity index (χ0n) is 19.3. The molecule has 0 aliphatic carbocycles. The number of aromatic nitrogens is 2. The Morgan fingerprint density at radius 3 is 2.34 bits per heavy atom. The summed E-state index contributed by atoms with van der Waals surface area (Å²) in [6.45, 7) is 7.89. The Balaban J connectivity index is 1.81. The molecule has 0 fully saturated rings. The summed E-state index contributed by atoms with van der Waals surface area (Å²) >= 11 is 0. The number of carbonyl (C=O) groups excluding carboxylic acids is 2. The predicted octanol–water partition coefficient (Wildman–Crippen LogP) is 4.92. The van der Waals surface area contributed by atoms with Crippen molar-refractivity contribution in [3.8, 4) is 11.6 Å². The Bertz CT molecular complexity index is 1120. The zero-order valence-corrected chi connectivity index (χ0v) is 19.3. The van der Waals surface area contributed by atoms with E-state index >= 15 is 0 Å². The van der Waals surface area contributed by atoms with Gasteiger partial charge in [-0.05, 0) is 55.2 Å². The van der Waals surface area contributed by atoms with Crippen molar-refractivity contribution in [2.24, 2.45) is 7.05 Å². The van der Waals surface area contributed by atoms with Crippen LogP contribution in [0.2, 0.25) is 0 Å².